The zero-order chi connectivity index (χ0) is 21.0. The Morgan fingerprint density at radius 3 is 2.14 bits per heavy atom. The van der Waals surface area contributed by atoms with Gasteiger partial charge in [-0.15, -0.1) is 13.2 Å². The molecule has 1 fully saturated rings. The van der Waals surface area contributed by atoms with Gasteiger partial charge in [-0.2, -0.15) is 0 Å². The molecule has 1 aliphatic rings. The van der Waals surface area contributed by atoms with Crippen LogP contribution in [-0.2, 0) is 0 Å². The highest BCUT2D eigenvalue weighted by Gasteiger charge is 2.38. The van der Waals surface area contributed by atoms with Crippen LogP contribution in [0.4, 0.5) is 13.2 Å². The third-order valence-corrected chi connectivity index (χ3v) is 5.13. The summed E-state index contributed by atoms with van der Waals surface area (Å²) in [6.07, 6.45) is 4.32. The summed E-state index contributed by atoms with van der Waals surface area (Å²) in [7, 11) is 0. The maximum absolute atomic E-state index is 12.1. The van der Waals surface area contributed by atoms with Gasteiger partial charge in [0.25, 0.3) is 0 Å². The first-order valence-electron chi connectivity index (χ1n) is 10.1. The van der Waals surface area contributed by atoms with E-state index in [2.05, 4.69) is 11.7 Å². The molecule has 162 valence electrons. The van der Waals surface area contributed by atoms with Crippen molar-refractivity contribution in [3.05, 3.63) is 29.8 Å². The van der Waals surface area contributed by atoms with E-state index >= 15 is 0 Å². The number of hydrogen-bond donors (Lipinski definition) is 3. The number of alkyl halides is 3. The number of hydrogen-bond acceptors (Lipinski definition) is 4. The monoisotopic (exact) mass is 405 g/mol. The van der Waals surface area contributed by atoms with Crippen LogP contribution in [0.1, 0.15) is 76.2 Å². The molecule has 0 bridgehead atoms. The molecular weight excluding hydrogens is 371 g/mol. The quantitative estimate of drug-likeness (QED) is 0.539. The van der Waals surface area contributed by atoms with Gasteiger partial charge in [0.05, 0.1) is 5.60 Å². The summed E-state index contributed by atoms with van der Waals surface area (Å²) < 4.78 is 40.3. The molecule has 1 atom stereocenters. The molecule has 1 aliphatic carbocycles. The summed E-state index contributed by atoms with van der Waals surface area (Å²) in [5.41, 5.74) is 5.67. The molecule has 1 saturated carbocycles. The lowest BCUT2D eigenvalue weighted by Crippen LogP contribution is -2.41. The molecule has 0 aliphatic heterocycles. The number of aliphatic hydroxyl groups excluding tert-OH is 1. The fourth-order valence-corrected chi connectivity index (χ4v) is 3.62. The summed E-state index contributed by atoms with van der Waals surface area (Å²) in [5.74, 6) is -0.532. The second-order valence-corrected chi connectivity index (χ2v) is 7.35. The smallest absolute Gasteiger partial charge is 0.406 e. The SMILES string of the molecule is CCCCCCO.NCC(c1ccc(OC(F)(F)F)cc1)C1(O)CCCCC1. The van der Waals surface area contributed by atoms with Crippen LogP contribution in [0, 0.1) is 0 Å². The highest BCUT2D eigenvalue weighted by atomic mass is 19.4. The topological polar surface area (TPSA) is 75.7 Å². The second-order valence-electron chi connectivity index (χ2n) is 7.35. The Kier molecular flexibility index (Phi) is 10.9. The minimum absolute atomic E-state index is 0.260. The Bertz CT molecular complexity index is 525. The molecule has 0 radical (unpaired) electrons. The van der Waals surface area contributed by atoms with Crippen molar-refractivity contribution >= 4 is 0 Å². The lowest BCUT2D eigenvalue weighted by atomic mass is 9.73. The zero-order valence-electron chi connectivity index (χ0n) is 16.7. The lowest BCUT2D eigenvalue weighted by Gasteiger charge is -2.39. The van der Waals surface area contributed by atoms with E-state index in [4.69, 9.17) is 10.8 Å². The number of ether oxygens (including phenoxy) is 1. The predicted molar refractivity (Wildman–Crippen MR) is 104 cm³/mol. The first kappa shape index (κ1) is 24.7. The number of aliphatic hydroxyl groups is 2. The fourth-order valence-electron chi connectivity index (χ4n) is 3.62. The molecule has 1 aromatic rings. The predicted octanol–water partition coefficient (Wildman–Crippen LogP) is 4.88. The van der Waals surface area contributed by atoms with Gasteiger partial charge in [-0.3, -0.25) is 0 Å². The average molecular weight is 406 g/mol. The molecule has 0 spiro atoms. The Hall–Kier alpha value is -1.31. The summed E-state index contributed by atoms with van der Waals surface area (Å²) in [6, 6.07) is 5.62. The van der Waals surface area contributed by atoms with Crippen LogP contribution >= 0.6 is 0 Å². The molecule has 0 heterocycles. The van der Waals surface area contributed by atoms with Gasteiger partial charge < -0.3 is 20.7 Å². The van der Waals surface area contributed by atoms with Crippen LogP contribution in [0.15, 0.2) is 24.3 Å². The van der Waals surface area contributed by atoms with Crippen LogP contribution in [0.5, 0.6) is 5.75 Å². The van der Waals surface area contributed by atoms with Gasteiger partial charge in [0.2, 0.25) is 0 Å². The number of nitrogens with two attached hydrogens (primary N) is 1. The second kappa shape index (κ2) is 12.3. The van der Waals surface area contributed by atoms with Crippen molar-refractivity contribution in [2.75, 3.05) is 13.2 Å². The van der Waals surface area contributed by atoms with Gasteiger partial charge in [0, 0.05) is 19.1 Å². The van der Waals surface area contributed by atoms with E-state index < -0.39 is 12.0 Å². The number of halogens is 3. The third-order valence-electron chi connectivity index (χ3n) is 5.13. The molecular formula is C21H34F3NO3. The van der Waals surface area contributed by atoms with Gasteiger partial charge in [-0.05, 0) is 37.0 Å². The zero-order valence-corrected chi connectivity index (χ0v) is 16.7. The van der Waals surface area contributed by atoms with Crippen LogP contribution < -0.4 is 10.5 Å². The van der Waals surface area contributed by atoms with Crippen molar-refractivity contribution in [3.63, 3.8) is 0 Å². The number of unbranched alkanes of at least 4 members (excludes halogenated alkanes) is 3. The van der Waals surface area contributed by atoms with E-state index in [0.29, 0.717) is 19.4 Å². The first-order valence-corrected chi connectivity index (χ1v) is 10.1. The molecule has 4 N–H and O–H groups in total. The standard InChI is InChI=1S/C15H20F3NO2.C6H14O/c16-15(17,18)21-12-6-4-11(5-7-12)13(10-19)14(20)8-2-1-3-9-14;1-2-3-4-5-6-7/h4-7,13,20H,1-3,8-10,19H2;7H,2-6H2,1H3. The van der Waals surface area contributed by atoms with E-state index in [-0.39, 0.29) is 18.2 Å². The van der Waals surface area contributed by atoms with Crippen molar-refractivity contribution in [1.29, 1.82) is 0 Å². The summed E-state index contributed by atoms with van der Waals surface area (Å²) in [6.45, 7) is 2.79. The van der Waals surface area contributed by atoms with Gasteiger partial charge >= 0.3 is 6.36 Å². The Labute approximate surface area is 165 Å². The van der Waals surface area contributed by atoms with Gasteiger partial charge in [0.1, 0.15) is 5.75 Å². The third kappa shape index (κ3) is 8.80. The van der Waals surface area contributed by atoms with Gasteiger partial charge in [0.15, 0.2) is 0 Å². The molecule has 28 heavy (non-hydrogen) atoms. The maximum atomic E-state index is 12.1. The first-order chi connectivity index (χ1) is 13.3. The van der Waals surface area contributed by atoms with E-state index in [1.807, 2.05) is 0 Å². The summed E-state index contributed by atoms with van der Waals surface area (Å²) in [4.78, 5) is 0. The van der Waals surface area contributed by atoms with Crippen LogP contribution in [0.2, 0.25) is 0 Å². The van der Waals surface area contributed by atoms with E-state index in [1.54, 1.807) is 12.1 Å². The van der Waals surface area contributed by atoms with E-state index in [9.17, 15) is 18.3 Å². The molecule has 1 aromatic carbocycles. The molecule has 0 saturated heterocycles. The van der Waals surface area contributed by atoms with E-state index in [1.165, 1.54) is 31.4 Å². The molecule has 2 rings (SSSR count). The highest BCUT2D eigenvalue weighted by molar-refractivity contribution is 5.31. The van der Waals surface area contributed by atoms with Crippen LogP contribution in [-0.4, -0.2) is 35.3 Å². The summed E-state index contributed by atoms with van der Waals surface area (Å²) >= 11 is 0. The largest absolute Gasteiger partial charge is 0.573 e. The van der Waals surface area contributed by atoms with Crippen LogP contribution in [0.3, 0.4) is 0 Å². The van der Waals surface area contributed by atoms with E-state index in [0.717, 1.165) is 31.2 Å². The van der Waals surface area contributed by atoms with Crippen molar-refractivity contribution in [1.82, 2.24) is 0 Å². The van der Waals surface area contributed by atoms with Crippen LogP contribution in [0.25, 0.3) is 0 Å². The molecule has 0 aromatic heterocycles. The van der Waals surface area contributed by atoms with Gasteiger partial charge in [-0.25, -0.2) is 0 Å². The normalized spacial score (nSPS) is 17.4. The molecule has 1 unspecified atom stereocenters. The van der Waals surface area contributed by atoms with Crippen molar-refractivity contribution in [2.45, 2.75) is 82.6 Å². The van der Waals surface area contributed by atoms with Crippen molar-refractivity contribution < 1.29 is 28.1 Å². The van der Waals surface area contributed by atoms with Crippen molar-refractivity contribution in [2.24, 2.45) is 5.73 Å². The number of benzene rings is 1. The Balaban J connectivity index is 0.000000480. The Morgan fingerprint density at radius 1 is 1.07 bits per heavy atom. The van der Waals surface area contributed by atoms with Gasteiger partial charge in [-0.1, -0.05) is 57.6 Å². The molecule has 0 amide bonds. The summed E-state index contributed by atoms with van der Waals surface area (Å²) in [5, 5.41) is 19.0. The lowest BCUT2D eigenvalue weighted by molar-refractivity contribution is -0.274. The molecule has 4 nitrogen and oxygen atoms in total. The number of rotatable bonds is 8. The molecule has 7 heteroatoms. The fraction of sp³-hybridized carbons (Fsp3) is 0.714. The maximum Gasteiger partial charge on any atom is 0.573 e. The minimum Gasteiger partial charge on any atom is -0.406 e. The van der Waals surface area contributed by atoms with Crippen molar-refractivity contribution in [3.8, 4) is 5.75 Å². The highest BCUT2D eigenvalue weighted by Crippen LogP contribution is 2.39. The minimum atomic E-state index is -4.70. The average Bonchev–Trinajstić information content (AvgIpc) is 2.64. The Morgan fingerprint density at radius 2 is 1.68 bits per heavy atom.